The molecule has 166 valence electrons. The summed E-state index contributed by atoms with van der Waals surface area (Å²) in [6.07, 6.45) is 1.23. The number of nitrogens with zero attached hydrogens (tertiary/aromatic N) is 7. The average Bonchev–Trinajstić information content (AvgIpc) is 3.34. The van der Waals surface area contributed by atoms with Crippen molar-refractivity contribution >= 4 is 38.9 Å². The molecule has 11 nitrogen and oxygen atoms in total. The van der Waals surface area contributed by atoms with Crippen LogP contribution in [0.5, 0.6) is 6.01 Å². The quantitative estimate of drug-likeness (QED) is 0.364. The molecule has 0 unspecified atom stereocenters. The van der Waals surface area contributed by atoms with E-state index < -0.39 is 6.09 Å². The van der Waals surface area contributed by atoms with Crippen LogP contribution in [0.3, 0.4) is 0 Å². The molecule has 4 aromatic rings. The molecule has 0 radical (unpaired) electrons. The molecule has 0 aliphatic carbocycles. The van der Waals surface area contributed by atoms with Gasteiger partial charge in [-0.3, -0.25) is 5.32 Å². The molecular formula is C20H21BrN8O3. The number of pyridine rings is 1. The molecule has 0 saturated heterocycles. The lowest BCUT2D eigenvalue weighted by atomic mass is 10.3. The first-order valence-electron chi connectivity index (χ1n) is 9.98. The van der Waals surface area contributed by atoms with Gasteiger partial charge in [0, 0.05) is 11.5 Å². The van der Waals surface area contributed by atoms with Gasteiger partial charge >= 0.3 is 12.1 Å². The standard InChI is InChI=1S/C20H21BrN8O3/c1-3-4-10-31-20(30)24-17-7-5-6-14(22-17)12-32-19-23-15-9-8-13(21)11-16(15)29(19)18-25-26-27-28(18)2/h5-9,11H,3-4,10,12H2,1-2H3,(H,22,24,30). The Morgan fingerprint density at radius 3 is 2.88 bits per heavy atom. The summed E-state index contributed by atoms with van der Waals surface area (Å²) in [6.45, 7) is 2.52. The van der Waals surface area contributed by atoms with Gasteiger partial charge in [-0.15, -0.1) is 0 Å². The van der Waals surface area contributed by atoms with E-state index in [-0.39, 0.29) is 6.61 Å². The molecule has 0 atom stereocenters. The molecule has 1 aromatic carbocycles. The average molecular weight is 501 g/mol. The highest BCUT2D eigenvalue weighted by Gasteiger charge is 2.19. The SMILES string of the molecule is CCCCOC(=O)Nc1cccc(COc2nc3ccc(Br)cc3n2-c2nnnn2C)n1. The monoisotopic (exact) mass is 500 g/mol. The Balaban J connectivity index is 1.54. The van der Waals surface area contributed by atoms with Crippen molar-refractivity contribution in [2.24, 2.45) is 7.05 Å². The number of rotatable bonds is 8. The maximum atomic E-state index is 11.9. The van der Waals surface area contributed by atoms with Crippen LogP contribution in [0, 0.1) is 0 Å². The fraction of sp³-hybridized carbons (Fsp3) is 0.300. The van der Waals surface area contributed by atoms with Crippen molar-refractivity contribution < 1.29 is 14.3 Å². The van der Waals surface area contributed by atoms with E-state index in [0.29, 0.717) is 30.1 Å². The maximum Gasteiger partial charge on any atom is 0.412 e. The van der Waals surface area contributed by atoms with E-state index in [1.54, 1.807) is 29.8 Å². The summed E-state index contributed by atoms with van der Waals surface area (Å²) in [5.41, 5.74) is 2.11. The molecule has 1 amide bonds. The Bertz CT molecular complexity index is 1240. The summed E-state index contributed by atoms with van der Waals surface area (Å²) in [4.78, 5) is 20.8. The van der Waals surface area contributed by atoms with Crippen LogP contribution >= 0.6 is 15.9 Å². The normalized spacial score (nSPS) is 11.0. The molecule has 0 aliphatic rings. The van der Waals surface area contributed by atoms with Gasteiger partial charge in [0.1, 0.15) is 12.4 Å². The van der Waals surface area contributed by atoms with E-state index in [9.17, 15) is 4.79 Å². The summed E-state index contributed by atoms with van der Waals surface area (Å²) < 4.78 is 15.2. The number of hydrogen-bond acceptors (Lipinski definition) is 8. The summed E-state index contributed by atoms with van der Waals surface area (Å²) in [5, 5.41) is 14.3. The zero-order chi connectivity index (χ0) is 22.5. The van der Waals surface area contributed by atoms with Crippen molar-refractivity contribution in [3.63, 3.8) is 0 Å². The van der Waals surface area contributed by atoms with Crippen LogP contribution < -0.4 is 10.1 Å². The van der Waals surface area contributed by atoms with Crippen LogP contribution in [-0.4, -0.2) is 47.4 Å². The number of fused-ring (bicyclic) bond motifs is 1. The minimum Gasteiger partial charge on any atom is -0.458 e. The van der Waals surface area contributed by atoms with Crippen LogP contribution in [0.4, 0.5) is 10.6 Å². The van der Waals surface area contributed by atoms with Gasteiger partial charge in [-0.2, -0.15) is 4.98 Å². The van der Waals surface area contributed by atoms with Crippen LogP contribution in [0.15, 0.2) is 40.9 Å². The molecule has 0 spiro atoms. The number of carbonyl (C=O) groups excluding carboxylic acids is 1. The van der Waals surface area contributed by atoms with Crippen LogP contribution in [0.2, 0.25) is 0 Å². The van der Waals surface area contributed by atoms with Gasteiger partial charge in [-0.1, -0.05) is 40.4 Å². The largest absolute Gasteiger partial charge is 0.458 e. The van der Waals surface area contributed by atoms with E-state index in [1.165, 1.54) is 4.68 Å². The van der Waals surface area contributed by atoms with Crippen molar-refractivity contribution in [1.29, 1.82) is 0 Å². The number of amides is 1. The Morgan fingerprint density at radius 1 is 1.22 bits per heavy atom. The Morgan fingerprint density at radius 2 is 2.09 bits per heavy atom. The van der Waals surface area contributed by atoms with Crippen molar-refractivity contribution in [3.8, 4) is 12.0 Å². The molecule has 3 heterocycles. The van der Waals surface area contributed by atoms with E-state index in [0.717, 1.165) is 28.3 Å². The number of aromatic nitrogens is 7. The molecular weight excluding hydrogens is 480 g/mol. The number of ether oxygens (including phenoxy) is 2. The lowest BCUT2D eigenvalue weighted by molar-refractivity contribution is 0.159. The van der Waals surface area contributed by atoms with E-state index >= 15 is 0 Å². The minimum atomic E-state index is -0.536. The smallest absolute Gasteiger partial charge is 0.412 e. The number of nitrogens with one attached hydrogen (secondary N) is 1. The molecule has 0 fully saturated rings. The van der Waals surface area contributed by atoms with Gasteiger partial charge in [0.15, 0.2) is 0 Å². The second-order valence-corrected chi connectivity index (χ2v) is 7.80. The number of tetrazole rings is 1. The predicted octanol–water partition coefficient (Wildman–Crippen LogP) is 3.63. The Labute approximate surface area is 191 Å². The fourth-order valence-corrected chi connectivity index (χ4v) is 3.30. The molecule has 12 heteroatoms. The fourth-order valence-electron chi connectivity index (χ4n) is 2.95. The third kappa shape index (κ3) is 4.85. The second kappa shape index (κ2) is 9.73. The topological polar surface area (TPSA) is 122 Å². The molecule has 4 rings (SSSR count). The number of benzene rings is 1. The second-order valence-electron chi connectivity index (χ2n) is 6.88. The summed E-state index contributed by atoms with van der Waals surface area (Å²) in [5.74, 6) is 0.835. The highest BCUT2D eigenvalue weighted by molar-refractivity contribution is 9.10. The van der Waals surface area contributed by atoms with Gasteiger partial charge in [0.25, 0.3) is 5.95 Å². The molecule has 3 aromatic heterocycles. The molecule has 0 bridgehead atoms. The summed E-state index contributed by atoms with van der Waals surface area (Å²) >= 11 is 3.49. The number of unbranched alkanes of at least 4 members (excludes halogenated alkanes) is 1. The zero-order valence-corrected chi connectivity index (χ0v) is 19.1. The Kier molecular flexibility index (Phi) is 6.59. The third-order valence-electron chi connectivity index (χ3n) is 4.50. The van der Waals surface area contributed by atoms with Crippen LogP contribution in [0.25, 0.3) is 17.0 Å². The van der Waals surface area contributed by atoms with Gasteiger partial charge in [-0.05, 0) is 47.2 Å². The summed E-state index contributed by atoms with van der Waals surface area (Å²) in [7, 11) is 1.74. The molecule has 32 heavy (non-hydrogen) atoms. The number of imidazole rings is 1. The zero-order valence-electron chi connectivity index (χ0n) is 17.5. The van der Waals surface area contributed by atoms with Crippen molar-refractivity contribution in [1.82, 2.24) is 34.7 Å². The van der Waals surface area contributed by atoms with E-state index in [1.807, 2.05) is 25.1 Å². The third-order valence-corrected chi connectivity index (χ3v) is 4.99. The van der Waals surface area contributed by atoms with Gasteiger partial charge in [0.05, 0.1) is 23.3 Å². The lowest BCUT2D eigenvalue weighted by Crippen LogP contribution is -2.16. The Hall–Kier alpha value is -3.54. The highest BCUT2D eigenvalue weighted by atomic mass is 79.9. The van der Waals surface area contributed by atoms with E-state index in [4.69, 9.17) is 9.47 Å². The number of anilines is 1. The van der Waals surface area contributed by atoms with Crippen molar-refractivity contribution in [2.75, 3.05) is 11.9 Å². The first-order chi connectivity index (χ1) is 15.5. The minimum absolute atomic E-state index is 0.121. The number of hydrogen-bond donors (Lipinski definition) is 1. The van der Waals surface area contributed by atoms with Crippen LogP contribution in [0.1, 0.15) is 25.5 Å². The van der Waals surface area contributed by atoms with Crippen LogP contribution in [-0.2, 0) is 18.4 Å². The number of carbonyl (C=O) groups is 1. The number of halogens is 1. The summed E-state index contributed by atoms with van der Waals surface area (Å²) in [6, 6.07) is 11.3. The van der Waals surface area contributed by atoms with Crippen molar-refractivity contribution in [2.45, 2.75) is 26.4 Å². The highest BCUT2D eigenvalue weighted by Crippen LogP contribution is 2.27. The van der Waals surface area contributed by atoms with Gasteiger partial charge in [-0.25, -0.2) is 19.0 Å². The first-order valence-corrected chi connectivity index (χ1v) is 10.8. The van der Waals surface area contributed by atoms with Gasteiger partial charge < -0.3 is 9.47 Å². The predicted molar refractivity (Wildman–Crippen MR) is 120 cm³/mol. The molecule has 0 aliphatic heterocycles. The molecule has 0 saturated carbocycles. The van der Waals surface area contributed by atoms with Gasteiger partial charge in [0.2, 0.25) is 0 Å². The lowest BCUT2D eigenvalue weighted by Gasteiger charge is -2.10. The van der Waals surface area contributed by atoms with E-state index in [2.05, 4.69) is 46.7 Å². The number of aryl methyl sites for hydroxylation is 1. The maximum absolute atomic E-state index is 11.9. The van der Waals surface area contributed by atoms with Crippen molar-refractivity contribution in [3.05, 3.63) is 46.6 Å². The molecule has 1 N–H and O–H groups in total. The first kappa shape index (κ1) is 21.7.